The van der Waals surface area contributed by atoms with Gasteiger partial charge in [-0.25, -0.2) is 0 Å². The number of carboxylic acids is 1. The lowest BCUT2D eigenvalue weighted by molar-refractivity contribution is -0.141. The molecule has 1 aromatic rings. The Morgan fingerprint density at radius 1 is 1.00 bits per heavy atom. The van der Waals surface area contributed by atoms with Crippen LogP contribution in [0.1, 0.15) is 19.4 Å². The maximum atomic E-state index is 12.5. The van der Waals surface area contributed by atoms with Crippen molar-refractivity contribution in [2.75, 3.05) is 5.75 Å². The summed E-state index contributed by atoms with van der Waals surface area (Å²) in [7, 11) is 0. The van der Waals surface area contributed by atoms with Crippen LogP contribution in [0.15, 0.2) is 30.3 Å². The second-order valence-corrected chi connectivity index (χ2v) is 7.20. The fraction of sp³-hybridized carbons (Fsp3) is 0.474. The number of hydrogen-bond acceptors (Lipinski definition) is 7. The van der Waals surface area contributed by atoms with E-state index >= 15 is 0 Å². The number of aliphatic hydroxyl groups is 1. The Balaban J connectivity index is 2.75. The molecule has 0 saturated carbocycles. The molecule has 30 heavy (non-hydrogen) atoms. The van der Waals surface area contributed by atoms with Crippen LogP contribution >= 0.6 is 12.6 Å². The van der Waals surface area contributed by atoms with E-state index in [2.05, 4.69) is 28.6 Å². The van der Waals surface area contributed by atoms with E-state index in [0.717, 1.165) is 5.56 Å². The molecule has 0 spiro atoms. The van der Waals surface area contributed by atoms with E-state index < -0.39 is 54.0 Å². The smallest absolute Gasteiger partial charge is 0.325 e. The molecule has 0 aromatic heterocycles. The van der Waals surface area contributed by atoms with Gasteiger partial charge in [0.2, 0.25) is 17.7 Å². The molecule has 0 radical (unpaired) electrons. The number of nitrogens with one attached hydrogen (secondary N) is 3. The maximum Gasteiger partial charge on any atom is 0.325 e. The number of carbonyl (C=O) groups is 4. The molecular weight excluding hydrogens is 412 g/mol. The highest BCUT2D eigenvalue weighted by atomic mass is 32.1. The van der Waals surface area contributed by atoms with Gasteiger partial charge in [-0.1, -0.05) is 30.3 Å². The largest absolute Gasteiger partial charge is 0.480 e. The van der Waals surface area contributed by atoms with Crippen LogP contribution in [0.3, 0.4) is 0 Å². The Bertz CT molecular complexity index is 746. The molecule has 166 valence electrons. The third-order valence-electron chi connectivity index (χ3n) is 4.24. The van der Waals surface area contributed by atoms with Gasteiger partial charge in [0.25, 0.3) is 0 Å². The zero-order valence-corrected chi connectivity index (χ0v) is 17.6. The highest BCUT2D eigenvalue weighted by molar-refractivity contribution is 7.80. The lowest BCUT2D eigenvalue weighted by Crippen LogP contribution is -2.60. The fourth-order valence-corrected chi connectivity index (χ4v) is 2.71. The molecule has 0 saturated heterocycles. The van der Waals surface area contributed by atoms with Crippen LogP contribution in [0, 0.1) is 0 Å². The number of hydrogen-bond donors (Lipinski definition) is 7. The standard InChI is InChI=1S/C19H28N4O6S/c1-10(19(28)29)21-17(26)14(9-30)22-18(27)15(11(2)24)23-16(25)13(20)8-12-6-4-3-5-7-12/h3-7,10-11,13-15,24,30H,8-9,20H2,1-2H3,(H,21,26)(H,22,27)(H,23,25)(H,28,29). The summed E-state index contributed by atoms with van der Waals surface area (Å²) in [6, 6.07) is 4.39. The molecule has 7 N–H and O–H groups in total. The average Bonchev–Trinajstić information content (AvgIpc) is 2.69. The first kappa shape index (κ1) is 25.4. The van der Waals surface area contributed by atoms with Crippen LogP contribution < -0.4 is 21.7 Å². The minimum Gasteiger partial charge on any atom is -0.480 e. The molecule has 11 heteroatoms. The number of carboxylic acid groups (broad SMARTS) is 1. The molecule has 1 aromatic carbocycles. The van der Waals surface area contributed by atoms with Gasteiger partial charge in [0.1, 0.15) is 18.1 Å². The van der Waals surface area contributed by atoms with E-state index in [1.54, 1.807) is 24.3 Å². The molecule has 0 fully saturated rings. The van der Waals surface area contributed by atoms with Crippen molar-refractivity contribution in [1.29, 1.82) is 0 Å². The summed E-state index contributed by atoms with van der Waals surface area (Å²) in [5, 5.41) is 25.8. The molecule has 3 amide bonds. The highest BCUT2D eigenvalue weighted by Crippen LogP contribution is 2.03. The molecule has 0 aliphatic carbocycles. The van der Waals surface area contributed by atoms with Crippen LogP contribution in [-0.2, 0) is 25.6 Å². The van der Waals surface area contributed by atoms with E-state index in [9.17, 15) is 24.3 Å². The van der Waals surface area contributed by atoms with Gasteiger partial charge < -0.3 is 31.9 Å². The van der Waals surface area contributed by atoms with Gasteiger partial charge in [-0.2, -0.15) is 12.6 Å². The topological polar surface area (TPSA) is 171 Å². The normalized spacial score (nSPS) is 15.8. The maximum absolute atomic E-state index is 12.5. The summed E-state index contributed by atoms with van der Waals surface area (Å²) in [5.41, 5.74) is 6.73. The summed E-state index contributed by atoms with van der Waals surface area (Å²) in [6.45, 7) is 2.57. The molecule has 0 aliphatic heterocycles. The Hall–Kier alpha value is -2.63. The van der Waals surface area contributed by atoms with Crippen molar-refractivity contribution in [3.05, 3.63) is 35.9 Å². The fourth-order valence-electron chi connectivity index (χ4n) is 2.46. The molecule has 5 unspecified atom stereocenters. The van der Waals surface area contributed by atoms with Gasteiger partial charge in [0, 0.05) is 5.75 Å². The third-order valence-corrected chi connectivity index (χ3v) is 4.61. The average molecular weight is 441 g/mol. The van der Waals surface area contributed by atoms with Crippen molar-refractivity contribution in [1.82, 2.24) is 16.0 Å². The lowest BCUT2D eigenvalue weighted by Gasteiger charge is -2.25. The molecule has 10 nitrogen and oxygen atoms in total. The quantitative estimate of drug-likeness (QED) is 0.204. The van der Waals surface area contributed by atoms with Gasteiger partial charge in [-0.05, 0) is 25.8 Å². The van der Waals surface area contributed by atoms with E-state index in [1.807, 2.05) is 6.07 Å². The Morgan fingerprint density at radius 2 is 1.60 bits per heavy atom. The number of aliphatic hydroxyl groups excluding tert-OH is 1. The minimum absolute atomic E-state index is 0.127. The number of thiol groups is 1. The lowest BCUT2D eigenvalue weighted by atomic mass is 10.0. The Kier molecular flexibility index (Phi) is 10.3. The van der Waals surface area contributed by atoms with E-state index in [1.165, 1.54) is 13.8 Å². The summed E-state index contributed by atoms with van der Waals surface area (Å²) >= 11 is 3.99. The predicted octanol–water partition coefficient (Wildman–Crippen LogP) is -1.57. The molecule has 0 heterocycles. The first-order chi connectivity index (χ1) is 14.1. The summed E-state index contributed by atoms with van der Waals surface area (Å²) in [6.07, 6.45) is -1.05. The molecule has 0 aliphatic rings. The second-order valence-electron chi connectivity index (χ2n) is 6.84. The Morgan fingerprint density at radius 3 is 2.10 bits per heavy atom. The molecule has 5 atom stereocenters. The number of amides is 3. The van der Waals surface area contributed by atoms with Crippen molar-refractivity contribution in [3.8, 4) is 0 Å². The summed E-state index contributed by atoms with van der Waals surface area (Å²) < 4.78 is 0. The number of nitrogens with two attached hydrogens (primary N) is 1. The van der Waals surface area contributed by atoms with Gasteiger partial charge in [-0.15, -0.1) is 0 Å². The third kappa shape index (κ3) is 8.01. The number of carbonyl (C=O) groups excluding carboxylic acids is 3. The summed E-state index contributed by atoms with van der Waals surface area (Å²) in [4.78, 5) is 47.9. The van der Waals surface area contributed by atoms with E-state index in [-0.39, 0.29) is 12.2 Å². The van der Waals surface area contributed by atoms with Crippen molar-refractivity contribution >= 4 is 36.3 Å². The number of aliphatic carboxylic acids is 1. The molecular formula is C19H28N4O6S. The van der Waals surface area contributed by atoms with Crippen molar-refractivity contribution in [2.45, 2.75) is 50.5 Å². The van der Waals surface area contributed by atoms with Crippen molar-refractivity contribution < 1.29 is 29.4 Å². The zero-order chi connectivity index (χ0) is 22.8. The second kappa shape index (κ2) is 12.2. The zero-order valence-electron chi connectivity index (χ0n) is 16.7. The van der Waals surface area contributed by atoms with Crippen LogP contribution in [0.25, 0.3) is 0 Å². The van der Waals surface area contributed by atoms with Gasteiger partial charge >= 0.3 is 5.97 Å². The highest BCUT2D eigenvalue weighted by Gasteiger charge is 2.31. The molecule has 0 bridgehead atoms. The van der Waals surface area contributed by atoms with Gasteiger partial charge in [0.05, 0.1) is 12.1 Å². The van der Waals surface area contributed by atoms with Crippen LogP contribution in [-0.4, -0.2) is 69.9 Å². The van der Waals surface area contributed by atoms with Crippen LogP contribution in [0.4, 0.5) is 0 Å². The van der Waals surface area contributed by atoms with Gasteiger partial charge in [0.15, 0.2) is 0 Å². The van der Waals surface area contributed by atoms with Crippen molar-refractivity contribution in [3.63, 3.8) is 0 Å². The van der Waals surface area contributed by atoms with Gasteiger partial charge in [-0.3, -0.25) is 19.2 Å². The SMILES string of the molecule is CC(NC(=O)C(CS)NC(=O)C(NC(=O)C(N)Cc1ccccc1)C(C)O)C(=O)O. The monoisotopic (exact) mass is 440 g/mol. The molecule has 1 rings (SSSR count). The minimum atomic E-state index is -1.37. The van der Waals surface area contributed by atoms with Crippen molar-refractivity contribution in [2.24, 2.45) is 5.73 Å². The first-order valence-corrected chi connectivity index (χ1v) is 9.92. The predicted molar refractivity (Wildman–Crippen MR) is 113 cm³/mol. The number of benzene rings is 1. The Labute approximate surface area is 180 Å². The van der Waals surface area contributed by atoms with Crippen LogP contribution in [0.2, 0.25) is 0 Å². The first-order valence-electron chi connectivity index (χ1n) is 9.29. The summed E-state index contributed by atoms with van der Waals surface area (Å²) in [5.74, 6) is -3.61. The van der Waals surface area contributed by atoms with E-state index in [0.29, 0.717) is 0 Å². The van der Waals surface area contributed by atoms with E-state index in [4.69, 9.17) is 10.8 Å². The van der Waals surface area contributed by atoms with Crippen LogP contribution in [0.5, 0.6) is 0 Å². The number of rotatable bonds is 11.